The van der Waals surface area contributed by atoms with E-state index in [-0.39, 0.29) is 0 Å². The first-order valence-corrected chi connectivity index (χ1v) is 8.75. The molecule has 0 aliphatic rings. The fourth-order valence-electron chi connectivity index (χ4n) is 2.49. The van der Waals surface area contributed by atoms with Gasteiger partial charge in [-0.25, -0.2) is 4.98 Å². The standard InChI is InChI=1S/C18H26N2S/c1-5-7-15-8-10-16(11-9-15)13(3)20-14(4)18-19-12-17(6-2)21-18/h8-14,20H,5-7H2,1-4H3. The number of aromatic nitrogens is 1. The van der Waals surface area contributed by atoms with Crippen molar-refractivity contribution in [2.24, 2.45) is 0 Å². The average molecular weight is 302 g/mol. The third kappa shape index (κ3) is 4.39. The van der Waals surface area contributed by atoms with E-state index in [2.05, 4.69) is 62.3 Å². The summed E-state index contributed by atoms with van der Waals surface area (Å²) in [4.78, 5) is 5.88. The number of rotatable bonds is 7. The van der Waals surface area contributed by atoms with E-state index in [4.69, 9.17) is 0 Å². The maximum absolute atomic E-state index is 4.53. The van der Waals surface area contributed by atoms with E-state index in [1.807, 2.05) is 17.5 Å². The van der Waals surface area contributed by atoms with E-state index < -0.39 is 0 Å². The number of aryl methyl sites for hydroxylation is 2. The Kier molecular flexibility index (Phi) is 5.95. The molecule has 1 aromatic heterocycles. The number of benzene rings is 1. The molecule has 114 valence electrons. The fraction of sp³-hybridized carbons (Fsp3) is 0.500. The predicted octanol–water partition coefficient (Wildman–Crippen LogP) is 5.07. The van der Waals surface area contributed by atoms with E-state index >= 15 is 0 Å². The summed E-state index contributed by atoms with van der Waals surface area (Å²) in [5, 5.41) is 4.83. The molecule has 2 unspecified atom stereocenters. The van der Waals surface area contributed by atoms with Crippen LogP contribution in [0.25, 0.3) is 0 Å². The zero-order chi connectivity index (χ0) is 15.2. The fourth-order valence-corrected chi connectivity index (χ4v) is 3.36. The Labute approximate surface area is 132 Å². The van der Waals surface area contributed by atoms with Gasteiger partial charge in [-0.15, -0.1) is 11.3 Å². The molecule has 0 aliphatic heterocycles. The zero-order valence-electron chi connectivity index (χ0n) is 13.5. The SMILES string of the molecule is CCCc1ccc(C(C)NC(C)c2ncc(CC)s2)cc1. The molecule has 2 nitrogen and oxygen atoms in total. The van der Waals surface area contributed by atoms with Crippen LogP contribution in [-0.2, 0) is 12.8 Å². The van der Waals surface area contributed by atoms with Gasteiger partial charge in [0.15, 0.2) is 0 Å². The molecule has 0 fully saturated rings. The highest BCUT2D eigenvalue weighted by atomic mass is 32.1. The molecule has 0 radical (unpaired) electrons. The molecule has 0 saturated heterocycles. The summed E-state index contributed by atoms with van der Waals surface area (Å²) in [7, 11) is 0. The van der Waals surface area contributed by atoms with Gasteiger partial charge in [0, 0.05) is 17.1 Å². The Morgan fingerprint density at radius 2 is 1.81 bits per heavy atom. The molecule has 1 heterocycles. The molecule has 0 aliphatic carbocycles. The highest BCUT2D eigenvalue weighted by molar-refractivity contribution is 7.11. The Morgan fingerprint density at radius 3 is 2.38 bits per heavy atom. The lowest BCUT2D eigenvalue weighted by Gasteiger charge is -2.19. The van der Waals surface area contributed by atoms with E-state index in [0.717, 1.165) is 12.8 Å². The molecule has 1 aromatic carbocycles. The van der Waals surface area contributed by atoms with Crippen molar-refractivity contribution in [3.63, 3.8) is 0 Å². The molecule has 0 amide bonds. The predicted molar refractivity (Wildman–Crippen MR) is 91.9 cm³/mol. The lowest BCUT2D eigenvalue weighted by atomic mass is 10.0. The van der Waals surface area contributed by atoms with Crippen LogP contribution in [0.15, 0.2) is 30.5 Å². The van der Waals surface area contributed by atoms with Gasteiger partial charge in [0.05, 0.1) is 6.04 Å². The summed E-state index contributed by atoms with van der Waals surface area (Å²) < 4.78 is 0. The Bertz CT molecular complexity index is 545. The summed E-state index contributed by atoms with van der Waals surface area (Å²) in [6, 6.07) is 9.62. The van der Waals surface area contributed by atoms with Crippen molar-refractivity contribution in [1.29, 1.82) is 0 Å². The van der Waals surface area contributed by atoms with Crippen LogP contribution in [0.5, 0.6) is 0 Å². The van der Waals surface area contributed by atoms with Crippen LogP contribution in [0.3, 0.4) is 0 Å². The summed E-state index contributed by atoms with van der Waals surface area (Å²) >= 11 is 1.81. The van der Waals surface area contributed by atoms with Gasteiger partial charge in [-0.05, 0) is 37.8 Å². The summed E-state index contributed by atoms with van der Waals surface area (Å²) in [6.07, 6.45) is 5.44. The molecule has 2 atom stereocenters. The minimum atomic E-state index is 0.292. The number of hydrogen-bond donors (Lipinski definition) is 1. The number of hydrogen-bond acceptors (Lipinski definition) is 3. The maximum Gasteiger partial charge on any atom is 0.109 e. The van der Waals surface area contributed by atoms with Gasteiger partial charge in [0.25, 0.3) is 0 Å². The normalized spacial score (nSPS) is 14.1. The van der Waals surface area contributed by atoms with Crippen LogP contribution in [0.4, 0.5) is 0 Å². The van der Waals surface area contributed by atoms with Crippen LogP contribution in [0, 0.1) is 0 Å². The molecule has 2 rings (SSSR count). The Hall–Kier alpha value is -1.19. The van der Waals surface area contributed by atoms with Gasteiger partial charge in [-0.3, -0.25) is 0 Å². The quantitative estimate of drug-likeness (QED) is 0.772. The second-order valence-corrected chi connectivity index (χ2v) is 6.77. The molecular weight excluding hydrogens is 276 g/mol. The van der Waals surface area contributed by atoms with Crippen molar-refractivity contribution in [2.45, 2.75) is 59.0 Å². The maximum atomic E-state index is 4.53. The molecule has 0 bridgehead atoms. The van der Waals surface area contributed by atoms with E-state index in [1.54, 1.807) is 0 Å². The largest absolute Gasteiger partial charge is 0.302 e. The molecular formula is C18H26N2S. The summed E-state index contributed by atoms with van der Waals surface area (Å²) in [6.45, 7) is 8.81. The van der Waals surface area contributed by atoms with Gasteiger partial charge in [0.2, 0.25) is 0 Å². The molecule has 0 spiro atoms. The van der Waals surface area contributed by atoms with Crippen molar-refractivity contribution in [1.82, 2.24) is 10.3 Å². The van der Waals surface area contributed by atoms with Gasteiger partial charge in [-0.1, -0.05) is 44.5 Å². The molecule has 2 aromatic rings. The first-order valence-electron chi connectivity index (χ1n) is 7.93. The number of nitrogens with one attached hydrogen (secondary N) is 1. The van der Waals surface area contributed by atoms with Crippen molar-refractivity contribution in [2.75, 3.05) is 0 Å². The minimum absolute atomic E-state index is 0.292. The minimum Gasteiger partial charge on any atom is -0.302 e. The topological polar surface area (TPSA) is 24.9 Å². The van der Waals surface area contributed by atoms with E-state index in [1.165, 1.54) is 27.4 Å². The smallest absolute Gasteiger partial charge is 0.109 e. The van der Waals surface area contributed by atoms with Crippen LogP contribution < -0.4 is 5.32 Å². The van der Waals surface area contributed by atoms with Gasteiger partial charge in [-0.2, -0.15) is 0 Å². The Morgan fingerprint density at radius 1 is 1.10 bits per heavy atom. The first-order chi connectivity index (χ1) is 10.1. The third-order valence-corrected chi connectivity index (χ3v) is 5.13. The monoisotopic (exact) mass is 302 g/mol. The van der Waals surface area contributed by atoms with E-state index in [9.17, 15) is 0 Å². The number of thiazole rings is 1. The van der Waals surface area contributed by atoms with Crippen molar-refractivity contribution >= 4 is 11.3 Å². The van der Waals surface area contributed by atoms with Crippen LogP contribution in [0.1, 0.15) is 67.2 Å². The highest BCUT2D eigenvalue weighted by Gasteiger charge is 2.14. The first kappa shape index (κ1) is 16.2. The lowest BCUT2D eigenvalue weighted by Crippen LogP contribution is -2.22. The number of nitrogens with zero attached hydrogens (tertiary/aromatic N) is 1. The van der Waals surface area contributed by atoms with Crippen molar-refractivity contribution in [3.05, 3.63) is 51.5 Å². The summed E-state index contributed by atoms with van der Waals surface area (Å²) in [5.74, 6) is 0. The molecule has 21 heavy (non-hydrogen) atoms. The van der Waals surface area contributed by atoms with Gasteiger partial charge in [0.1, 0.15) is 5.01 Å². The zero-order valence-corrected chi connectivity index (χ0v) is 14.3. The average Bonchev–Trinajstić information content (AvgIpc) is 2.97. The van der Waals surface area contributed by atoms with Gasteiger partial charge < -0.3 is 5.32 Å². The third-order valence-electron chi connectivity index (χ3n) is 3.81. The molecule has 3 heteroatoms. The van der Waals surface area contributed by atoms with Crippen LogP contribution in [0.2, 0.25) is 0 Å². The second kappa shape index (κ2) is 7.71. The second-order valence-electron chi connectivity index (χ2n) is 5.62. The summed E-state index contributed by atoms with van der Waals surface area (Å²) in [5.41, 5.74) is 2.77. The Balaban J connectivity index is 1.97. The molecule has 1 N–H and O–H groups in total. The highest BCUT2D eigenvalue weighted by Crippen LogP contribution is 2.23. The van der Waals surface area contributed by atoms with Crippen LogP contribution in [-0.4, -0.2) is 4.98 Å². The van der Waals surface area contributed by atoms with Gasteiger partial charge >= 0.3 is 0 Å². The van der Waals surface area contributed by atoms with Crippen LogP contribution >= 0.6 is 11.3 Å². The lowest BCUT2D eigenvalue weighted by molar-refractivity contribution is 0.493. The van der Waals surface area contributed by atoms with E-state index in [0.29, 0.717) is 12.1 Å². The van der Waals surface area contributed by atoms with Crippen molar-refractivity contribution < 1.29 is 0 Å². The van der Waals surface area contributed by atoms with Crippen molar-refractivity contribution in [3.8, 4) is 0 Å². The molecule has 0 saturated carbocycles.